The van der Waals surface area contributed by atoms with Crippen molar-refractivity contribution in [2.24, 2.45) is 0 Å². The summed E-state index contributed by atoms with van der Waals surface area (Å²) >= 11 is -0.106. The predicted molar refractivity (Wildman–Crippen MR) is 105 cm³/mol. The van der Waals surface area contributed by atoms with Gasteiger partial charge in [0.05, 0.1) is 35.7 Å². The smallest absolute Gasteiger partial charge is 0.274 e. The maximum absolute atomic E-state index is 14.1. The highest BCUT2D eigenvalue weighted by atomic mass is 32.2. The Morgan fingerprint density at radius 3 is 2.70 bits per heavy atom. The molecule has 9 heteroatoms. The molecule has 0 atom stereocenters. The Kier molecular flexibility index (Phi) is 6.84. The summed E-state index contributed by atoms with van der Waals surface area (Å²) in [5.74, 6) is -0.751. The van der Waals surface area contributed by atoms with Crippen LogP contribution in [0.5, 0.6) is 5.75 Å². The fourth-order valence-corrected chi connectivity index (χ4v) is 2.97. The van der Waals surface area contributed by atoms with Gasteiger partial charge in [-0.05, 0) is 32.0 Å². The van der Waals surface area contributed by atoms with Gasteiger partial charge in [0, 0.05) is 6.20 Å². The van der Waals surface area contributed by atoms with Gasteiger partial charge in [-0.15, -0.1) is 3.89 Å². The Morgan fingerprint density at radius 2 is 2.07 bits per heavy atom. The van der Waals surface area contributed by atoms with Gasteiger partial charge < -0.3 is 15.0 Å². The molecule has 0 bridgehead atoms. The molecule has 0 aromatic carbocycles. The summed E-state index contributed by atoms with van der Waals surface area (Å²) in [7, 11) is 0. The molecule has 0 radical (unpaired) electrons. The molecule has 0 fully saturated rings. The molecule has 0 spiro atoms. The van der Waals surface area contributed by atoms with Gasteiger partial charge in [0.15, 0.2) is 23.9 Å². The number of nitrogens with zero attached hydrogens (tertiary/aromatic N) is 3. The van der Waals surface area contributed by atoms with Gasteiger partial charge >= 0.3 is 0 Å². The number of nitrogen functional groups attached to an aromatic ring is 1. The standard InChI is InChI=1S/C16H16F2N4O2S.C2H6/c1-9(2)24-15-11(17)7-20-13-6-10(22(25-18)14(13)15)8-21-5-3-4-12(19)16(21)23;1-2/h3-7,9H,8,19H2,1-2H3;1-2H3. The van der Waals surface area contributed by atoms with Crippen LogP contribution >= 0.6 is 12.3 Å². The molecule has 146 valence electrons. The molecule has 6 nitrogen and oxygen atoms in total. The largest absolute Gasteiger partial charge is 0.486 e. The number of aromatic nitrogens is 3. The van der Waals surface area contributed by atoms with Gasteiger partial charge in [-0.25, -0.2) is 4.39 Å². The van der Waals surface area contributed by atoms with Crippen molar-refractivity contribution in [1.82, 2.24) is 13.5 Å². The molecule has 2 N–H and O–H groups in total. The van der Waals surface area contributed by atoms with Crippen LogP contribution in [-0.2, 0) is 6.54 Å². The van der Waals surface area contributed by atoms with E-state index in [1.165, 1.54) is 14.6 Å². The van der Waals surface area contributed by atoms with Crippen molar-refractivity contribution in [3.8, 4) is 5.75 Å². The molecule has 0 amide bonds. The van der Waals surface area contributed by atoms with Gasteiger partial charge in [-0.2, -0.15) is 0 Å². The monoisotopic (exact) mass is 396 g/mol. The summed E-state index contributed by atoms with van der Waals surface area (Å²) in [6, 6.07) is 4.70. The lowest BCUT2D eigenvalue weighted by molar-refractivity contribution is 0.233. The van der Waals surface area contributed by atoms with E-state index in [2.05, 4.69) is 4.98 Å². The number of anilines is 1. The van der Waals surface area contributed by atoms with Gasteiger partial charge in [-0.3, -0.25) is 13.8 Å². The first kappa shape index (κ1) is 20.8. The van der Waals surface area contributed by atoms with E-state index in [4.69, 9.17) is 10.5 Å². The summed E-state index contributed by atoms with van der Waals surface area (Å²) in [6.45, 7) is 7.55. The van der Waals surface area contributed by atoms with E-state index in [1.54, 1.807) is 32.2 Å². The van der Waals surface area contributed by atoms with Crippen molar-refractivity contribution in [2.45, 2.75) is 40.3 Å². The first-order valence-electron chi connectivity index (χ1n) is 8.52. The highest BCUT2D eigenvalue weighted by molar-refractivity contribution is 7.93. The number of hydrogen-bond acceptors (Lipinski definition) is 5. The van der Waals surface area contributed by atoms with E-state index in [-0.39, 0.29) is 47.5 Å². The van der Waals surface area contributed by atoms with Crippen LogP contribution in [0.3, 0.4) is 0 Å². The lowest BCUT2D eigenvalue weighted by Crippen LogP contribution is -2.23. The minimum atomic E-state index is -0.678. The fraction of sp³-hybridized carbons (Fsp3) is 0.333. The van der Waals surface area contributed by atoms with Crippen molar-refractivity contribution in [3.63, 3.8) is 0 Å². The van der Waals surface area contributed by atoms with Crippen LogP contribution in [0.25, 0.3) is 11.0 Å². The van der Waals surface area contributed by atoms with Crippen molar-refractivity contribution in [3.05, 3.63) is 52.5 Å². The van der Waals surface area contributed by atoms with E-state index < -0.39 is 5.82 Å². The predicted octanol–water partition coefficient (Wildman–Crippen LogP) is 4.16. The Balaban J connectivity index is 0.00000126. The van der Waals surface area contributed by atoms with Crippen LogP contribution in [0.1, 0.15) is 33.4 Å². The molecule has 0 aliphatic rings. The molecule has 27 heavy (non-hydrogen) atoms. The minimum Gasteiger partial charge on any atom is -0.486 e. The molecule has 3 rings (SSSR count). The third-order valence-corrected chi connectivity index (χ3v) is 4.12. The summed E-state index contributed by atoms with van der Waals surface area (Å²) in [5, 5.41) is 0. The molecule has 0 aliphatic heterocycles. The molecular formula is C18H22F2N4O2S. The lowest BCUT2D eigenvalue weighted by atomic mass is 10.3. The number of rotatable bonds is 5. The Labute approximate surface area is 160 Å². The second-order valence-electron chi connectivity index (χ2n) is 5.73. The minimum absolute atomic E-state index is 0.0554. The van der Waals surface area contributed by atoms with E-state index in [9.17, 15) is 13.1 Å². The zero-order chi connectivity index (χ0) is 20.1. The van der Waals surface area contributed by atoms with Gasteiger partial charge in [-0.1, -0.05) is 13.8 Å². The van der Waals surface area contributed by atoms with E-state index in [1.807, 2.05) is 13.8 Å². The zero-order valence-corrected chi connectivity index (χ0v) is 16.4. The van der Waals surface area contributed by atoms with E-state index in [0.29, 0.717) is 11.2 Å². The van der Waals surface area contributed by atoms with Crippen LogP contribution in [0.4, 0.5) is 14.0 Å². The summed E-state index contributed by atoms with van der Waals surface area (Å²) in [4.78, 5) is 16.1. The molecule has 0 aliphatic carbocycles. The topological polar surface area (TPSA) is 75.1 Å². The van der Waals surface area contributed by atoms with Crippen molar-refractivity contribution < 1.29 is 13.0 Å². The second-order valence-corrected chi connectivity index (χ2v) is 6.23. The molecule has 0 saturated heterocycles. The number of nitrogens with two attached hydrogens (primary N) is 1. The number of fused-ring (bicyclic) bond motifs is 1. The van der Waals surface area contributed by atoms with Crippen LogP contribution < -0.4 is 16.0 Å². The summed E-state index contributed by atoms with van der Waals surface area (Å²) < 4.78 is 35.8. The molecule has 3 heterocycles. The number of ether oxygens (including phenoxy) is 1. The number of pyridine rings is 2. The molecule has 3 aromatic rings. The van der Waals surface area contributed by atoms with Crippen molar-refractivity contribution >= 4 is 29.1 Å². The fourth-order valence-electron chi connectivity index (χ4n) is 2.53. The Hall–Kier alpha value is -2.55. The average Bonchev–Trinajstić information content (AvgIpc) is 3.00. The first-order valence-corrected chi connectivity index (χ1v) is 9.19. The highest BCUT2D eigenvalue weighted by Crippen LogP contribution is 2.34. The molecule has 0 unspecified atom stereocenters. The Morgan fingerprint density at radius 1 is 1.37 bits per heavy atom. The first-order chi connectivity index (χ1) is 12.9. The van der Waals surface area contributed by atoms with Crippen molar-refractivity contribution in [1.29, 1.82) is 0 Å². The second kappa shape index (κ2) is 8.90. The SMILES string of the molecule is CC.CC(C)Oc1c(F)cnc2cc(Cn3cccc(N)c3=O)n(SF)c12. The van der Waals surface area contributed by atoms with Gasteiger partial charge in [0.25, 0.3) is 5.56 Å². The number of halogens is 2. The molecule has 3 aromatic heterocycles. The van der Waals surface area contributed by atoms with Crippen LogP contribution in [-0.4, -0.2) is 19.6 Å². The van der Waals surface area contributed by atoms with Gasteiger partial charge in [0.2, 0.25) is 0 Å². The van der Waals surface area contributed by atoms with Crippen LogP contribution in [0.15, 0.2) is 35.4 Å². The lowest BCUT2D eigenvalue weighted by Gasteiger charge is -2.13. The van der Waals surface area contributed by atoms with E-state index in [0.717, 1.165) is 6.20 Å². The van der Waals surface area contributed by atoms with Gasteiger partial charge in [0.1, 0.15) is 5.52 Å². The summed E-state index contributed by atoms with van der Waals surface area (Å²) in [5.41, 5.74) is 6.29. The third kappa shape index (κ3) is 4.24. The highest BCUT2D eigenvalue weighted by Gasteiger charge is 2.20. The van der Waals surface area contributed by atoms with Crippen LogP contribution in [0.2, 0.25) is 0 Å². The van der Waals surface area contributed by atoms with Crippen molar-refractivity contribution in [2.75, 3.05) is 5.73 Å². The normalized spacial score (nSPS) is 10.8. The quantitative estimate of drug-likeness (QED) is 0.701. The van der Waals surface area contributed by atoms with E-state index >= 15 is 0 Å². The summed E-state index contributed by atoms with van der Waals surface area (Å²) in [6.07, 6.45) is 2.28. The molecular weight excluding hydrogens is 374 g/mol. The van der Waals surface area contributed by atoms with Crippen LogP contribution in [0, 0.1) is 5.82 Å². The number of hydrogen-bond donors (Lipinski definition) is 1. The zero-order valence-electron chi connectivity index (χ0n) is 15.6. The Bertz CT molecular complexity index is 985. The third-order valence-electron chi connectivity index (χ3n) is 3.56. The average molecular weight is 396 g/mol. The molecule has 0 saturated carbocycles. The maximum atomic E-state index is 14.1. The maximum Gasteiger partial charge on any atom is 0.274 e.